The molecular formula is C30H39NO3S. The first-order chi connectivity index (χ1) is 16.4. The smallest absolute Gasteiger partial charge is 0.255 e. The second-order valence-corrected chi connectivity index (χ2v) is 12.1. The van der Waals surface area contributed by atoms with E-state index in [-0.39, 0.29) is 24.5 Å². The molecule has 0 aromatic heterocycles. The van der Waals surface area contributed by atoms with E-state index in [0.29, 0.717) is 17.7 Å². The third-order valence-corrected chi connectivity index (χ3v) is 7.41. The number of hydrogen-bond acceptors (Lipinski definition) is 4. The molecule has 0 heterocycles. The van der Waals surface area contributed by atoms with E-state index in [0.717, 1.165) is 16.3 Å². The molecular weight excluding hydrogens is 454 g/mol. The van der Waals surface area contributed by atoms with Crippen LogP contribution in [-0.2, 0) is 11.8 Å². The monoisotopic (exact) mass is 493 g/mol. The Labute approximate surface area is 214 Å². The number of fused-ring (bicyclic) bond motifs is 1. The summed E-state index contributed by atoms with van der Waals surface area (Å²) in [6.07, 6.45) is -0.227. The highest BCUT2D eigenvalue weighted by Crippen LogP contribution is 2.33. The minimum atomic E-state index is -0.610. The van der Waals surface area contributed by atoms with Crippen LogP contribution < -0.4 is 0 Å². The largest absolute Gasteiger partial charge is 0.395 e. The normalized spacial score (nSPS) is 13.1. The van der Waals surface area contributed by atoms with E-state index in [1.54, 1.807) is 16.7 Å². The van der Waals surface area contributed by atoms with Crippen LogP contribution in [0.1, 0.15) is 63.0 Å². The second-order valence-electron chi connectivity index (χ2n) is 11.1. The Morgan fingerprint density at radius 2 is 1.60 bits per heavy atom. The van der Waals surface area contributed by atoms with Gasteiger partial charge < -0.3 is 15.1 Å². The molecule has 0 aliphatic carbocycles. The van der Waals surface area contributed by atoms with Crippen LogP contribution in [0.3, 0.4) is 0 Å². The maximum atomic E-state index is 13.9. The fraction of sp³-hybridized carbons (Fsp3) is 0.433. The quantitative estimate of drug-likeness (QED) is 0.374. The Hall–Kier alpha value is -2.34. The Balaban J connectivity index is 1.92. The number of rotatable bonds is 8. The average molecular weight is 494 g/mol. The number of aliphatic hydroxyl groups is 2. The summed E-state index contributed by atoms with van der Waals surface area (Å²) in [5, 5.41) is 22.6. The van der Waals surface area contributed by atoms with Crippen molar-refractivity contribution >= 4 is 28.4 Å². The lowest BCUT2D eigenvalue weighted by atomic mass is 9.87. The molecule has 2 N–H and O–H groups in total. The minimum absolute atomic E-state index is 0.0234. The third-order valence-electron chi connectivity index (χ3n) is 6.19. The van der Waals surface area contributed by atoms with Gasteiger partial charge in [-0.15, -0.1) is 11.8 Å². The van der Waals surface area contributed by atoms with E-state index in [9.17, 15) is 15.0 Å². The van der Waals surface area contributed by atoms with Crippen LogP contribution in [0.2, 0.25) is 0 Å². The Kier molecular flexibility index (Phi) is 8.68. The highest BCUT2D eigenvalue weighted by molar-refractivity contribution is 7.99. The molecule has 1 atom stereocenters. The molecule has 1 amide bonds. The van der Waals surface area contributed by atoms with Gasteiger partial charge in [-0.25, -0.2) is 0 Å². The van der Waals surface area contributed by atoms with Gasteiger partial charge in [0.25, 0.3) is 5.91 Å². The number of carbonyl (C=O) groups is 1. The molecule has 0 saturated heterocycles. The molecule has 0 bridgehead atoms. The van der Waals surface area contributed by atoms with Gasteiger partial charge in [0.05, 0.1) is 18.3 Å². The lowest BCUT2D eigenvalue weighted by molar-refractivity contribution is 0.0527. The molecule has 1 unspecified atom stereocenters. The fourth-order valence-corrected chi connectivity index (χ4v) is 5.62. The summed E-state index contributed by atoms with van der Waals surface area (Å²) in [4.78, 5) is 16.8. The Morgan fingerprint density at radius 3 is 2.26 bits per heavy atom. The maximum absolute atomic E-state index is 13.9. The topological polar surface area (TPSA) is 60.8 Å². The van der Waals surface area contributed by atoms with Crippen LogP contribution >= 0.6 is 11.8 Å². The summed E-state index contributed by atoms with van der Waals surface area (Å²) < 4.78 is 0. The van der Waals surface area contributed by atoms with E-state index >= 15 is 0 Å². The van der Waals surface area contributed by atoms with Gasteiger partial charge in [-0.3, -0.25) is 4.79 Å². The number of benzene rings is 3. The van der Waals surface area contributed by atoms with Crippen molar-refractivity contribution in [3.8, 4) is 0 Å². The molecule has 0 aliphatic rings. The summed E-state index contributed by atoms with van der Waals surface area (Å²) in [6, 6.07) is 20.2. The lowest BCUT2D eigenvalue weighted by Gasteiger charge is -2.36. The van der Waals surface area contributed by atoms with Gasteiger partial charge >= 0.3 is 0 Å². The van der Waals surface area contributed by atoms with Gasteiger partial charge in [-0.1, -0.05) is 75.4 Å². The molecule has 3 aromatic rings. The van der Waals surface area contributed by atoms with Crippen molar-refractivity contribution in [1.82, 2.24) is 4.90 Å². The van der Waals surface area contributed by atoms with Gasteiger partial charge in [0.15, 0.2) is 0 Å². The zero-order valence-electron chi connectivity index (χ0n) is 21.8. The van der Waals surface area contributed by atoms with Crippen LogP contribution in [0, 0.1) is 0 Å². The predicted octanol–water partition coefficient (Wildman–Crippen LogP) is 6.07. The first-order valence-electron chi connectivity index (χ1n) is 12.3. The van der Waals surface area contributed by atoms with Crippen LogP contribution in [-0.4, -0.2) is 51.6 Å². The molecule has 3 rings (SSSR count). The van der Waals surface area contributed by atoms with Crippen molar-refractivity contribution < 1.29 is 15.0 Å². The zero-order valence-corrected chi connectivity index (χ0v) is 22.7. The Bertz CT molecular complexity index is 1160. The van der Waals surface area contributed by atoms with Crippen molar-refractivity contribution in [1.29, 1.82) is 0 Å². The fourth-order valence-electron chi connectivity index (χ4n) is 4.43. The standard InChI is InChI=1S/C30H39NO3S/c1-29(2,3)25-13-9-10-14-26(25)35-20-23(33)19-22-16-15-21-11-7-8-12-24(21)27(22)28(34)31(17-18-32)30(4,5)6/h7-16,23,32-33H,17-20H2,1-6H3. The number of amides is 1. The van der Waals surface area contributed by atoms with E-state index < -0.39 is 11.6 Å². The zero-order chi connectivity index (χ0) is 25.8. The minimum Gasteiger partial charge on any atom is -0.395 e. The van der Waals surface area contributed by atoms with Gasteiger partial charge in [0.1, 0.15) is 0 Å². The van der Waals surface area contributed by atoms with Crippen LogP contribution in [0.25, 0.3) is 10.8 Å². The van der Waals surface area contributed by atoms with Gasteiger partial charge in [0, 0.05) is 22.7 Å². The molecule has 0 radical (unpaired) electrons. The highest BCUT2D eigenvalue weighted by atomic mass is 32.2. The molecule has 0 aliphatic heterocycles. The van der Waals surface area contributed by atoms with Crippen LogP contribution in [0.15, 0.2) is 65.6 Å². The lowest BCUT2D eigenvalue weighted by Crippen LogP contribution is -2.47. The number of hydrogen-bond donors (Lipinski definition) is 2. The number of β-amino-alcohol motifs (C(OH)–C–C–N with tert-alkyl or cyclic N) is 1. The molecule has 0 saturated carbocycles. The van der Waals surface area contributed by atoms with Gasteiger partial charge in [0.2, 0.25) is 0 Å². The van der Waals surface area contributed by atoms with Crippen molar-refractivity contribution in [2.75, 3.05) is 18.9 Å². The highest BCUT2D eigenvalue weighted by Gasteiger charge is 2.30. The Morgan fingerprint density at radius 1 is 0.943 bits per heavy atom. The second kappa shape index (κ2) is 11.2. The van der Waals surface area contributed by atoms with E-state index in [2.05, 4.69) is 39.0 Å². The van der Waals surface area contributed by atoms with Crippen molar-refractivity contribution in [2.24, 2.45) is 0 Å². The van der Waals surface area contributed by atoms with E-state index in [1.165, 1.54) is 10.5 Å². The molecule has 4 nitrogen and oxygen atoms in total. The van der Waals surface area contributed by atoms with Crippen LogP contribution in [0.5, 0.6) is 0 Å². The van der Waals surface area contributed by atoms with Gasteiger partial charge in [-0.05, 0) is 60.6 Å². The summed E-state index contributed by atoms with van der Waals surface area (Å²) in [7, 11) is 0. The molecule has 5 heteroatoms. The molecule has 0 spiro atoms. The van der Waals surface area contributed by atoms with Crippen LogP contribution in [0.4, 0.5) is 0 Å². The van der Waals surface area contributed by atoms with Crippen molar-refractivity contribution in [3.05, 3.63) is 77.4 Å². The molecule has 188 valence electrons. The molecule has 35 heavy (non-hydrogen) atoms. The summed E-state index contributed by atoms with van der Waals surface area (Å²) >= 11 is 1.66. The first-order valence-corrected chi connectivity index (χ1v) is 13.3. The predicted molar refractivity (Wildman–Crippen MR) is 147 cm³/mol. The summed E-state index contributed by atoms with van der Waals surface area (Å²) in [5.41, 5.74) is 2.29. The van der Waals surface area contributed by atoms with Crippen molar-refractivity contribution in [2.45, 2.75) is 69.9 Å². The van der Waals surface area contributed by atoms with Gasteiger partial charge in [-0.2, -0.15) is 0 Å². The third kappa shape index (κ3) is 6.66. The average Bonchev–Trinajstić information content (AvgIpc) is 2.79. The summed E-state index contributed by atoms with van der Waals surface area (Å²) in [6.45, 7) is 12.7. The number of aliphatic hydroxyl groups excluding tert-OH is 2. The molecule has 3 aromatic carbocycles. The SMILES string of the molecule is CC(C)(C)c1ccccc1SCC(O)Cc1ccc2ccccc2c1C(=O)N(CCO)C(C)(C)C. The van der Waals surface area contributed by atoms with Crippen molar-refractivity contribution in [3.63, 3.8) is 0 Å². The maximum Gasteiger partial charge on any atom is 0.255 e. The number of carbonyl (C=O) groups excluding carboxylic acids is 1. The number of thioether (sulfide) groups is 1. The number of nitrogens with zero attached hydrogens (tertiary/aromatic N) is 1. The first kappa shape index (κ1) is 27.3. The molecule has 0 fully saturated rings. The van der Waals surface area contributed by atoms with E-state index in [1.807, 2.05) is 63.2 Å². The van der Waals surface area contributed by atoms with E-state index in [4.69, 9.17) is 0 Å². The summed E-state index contributed by atoms with van der Waals surface area (Å²) in [5.74, 6) is 0.420.